The fraction of sp³-hybridized carbons (Fsp3) is 0.421. The Morgan fingerprint density at radius 1 is 1.04 bits per heavy atom. The van der Waals surface area contributed by atoms with Crippen molar-refractivity contribution in [3.05, 3.63) is 57.8 Å². The zero-order chi connectivity index (χ0) is 16.8. The van der Waals surface area contributed by atoms with Gasteiger partial charge >= 0.3 is 0 Å². The van der Waals surface area contributed by atoms with E-state index < -0.39 is 0 Å². The van der Waals surface area contributed by atoms with Gasteiger partial charge in [-0.3, -0.25) is 9.69 Å². The van der Waals surface area contributed by atoms with Crippen LogP contribution in [0.4, 0.5) is 0 Å². The summed E-state index contributed by atoms with van der Waals surface area (Å²) in [4.78, 5) is 17.0. The highest BCUT2D eigenvalue weighted by molar-refractivity contribution is 7.08. The summed E-state index contributed by atoms with van der Waals surface area (Å²) in [5.41, 5.74) is 3.22. The van der Waals surface area contributed by atoms with Crippen molar-refractivity contribution in [2.45, 2.75) is 20.0 Å². The smallest absolute Gasteiger partial charge is 0.252 e. The van der Waals surface area contributed by atoms with Gasteiger partial charge in [0.1, 0.15) is 0 Å². The van der Waals surface area contributed by atoms with Crippen LogP contribution in [0.1, 0.15) is 28.4 Å². The molecule has 0 spiro atoms. The molecule has 0 atom stereocenters. The number of piperazine rings is 1. The Kier molecular flexibility index (Phi) is 6.01. The van der Waals surface area contributed by atoms with E-state index in [0.717, 1.165) is 37.3 Å². The molecule has 1 fully saturated rings. The standard InChI is InChI=1S/C19H25N3OS/c1-2-21-8-10-22(11-9-21)14-17-5-3-16(4-6-17)13-20-19(23)18-7-12-24-15-18/h3-7,12,15H,2,8-11,13-14H2,1H3,(H,20,23). The Morgan fingerprint density at radius 2 is 1.71 bits per heavy atom. The molecule has 1 N–H and O–H groups in total. The molecule has 4 nitrogen and oxygen atoms in total. The molecule has 0 radical (unpaired) electrons. The van der Waals surface area contributed by atoms with Crippen LogP contribution in [0, 0.1) is 0 Å². The van der Waals surface area contributed by atoms with E-state index in [9.17, 15) is 4.79 Å². The van der Waals surface area contributed by atoms with Gasteiger partial charge in [0.05, 0.1) is 0 Å². The Balaban J connectivity index is 1.46. The summed E-state index contributed by atoms with van der Waals surface area (Å²) in [6.45, 7) is 9.60. The zero-order valence-electron chi connectivity index (χ0n) is 14.2. The number of hydrogen-bond acceptors (Lipinski definition) is 4. The molecule has 1 aliphatic heterocycles. The first kappa shape index (κ1) is 17.1. The van der Waals surface area contributed by atoms with E-state index in [1.807, 2.05) is 16.8 Å². The maximum Gasteiger partial charge on any atom is 0.252 e. The van der Waals surface area contributed by atoms with Gasteiger partial charge in [0, 0.05) is 50.2 Å². The van der Waals surface area contributed by atoms with Crippen LogP contribution in [0.2, 0.25) is 0 Å². The van der Waals surface area contributed by atoms with Gasteiger partial charge in [0.25, 0.3) is 5.91 Å². The van der Waals surface area contributed by atoms with Crippen LogP contribution in [0.15, 0.2) is 41.1 Å². The van der Waals surface area contributed by atoms with Gasteiger partial charge in [-0.2, -0.15) is 11.3 Å². The van der Waals surface area contributed by atoms with E-state index in [1.165, 1.54) is 18.7 Å². The molecule has 0 unspecified atom stereocenters. The first-order chi connectivity index (χ1) is 11.7. The Labute approximate surface area is 148 Å². The highest BCUT2D eigenvalue weighted by Crippen LogP contribution is 2.11. The summed E-state index contributed by atoms with van der Waals surface area (Å²) in [6, 6.07) is 10.4. The molecular formula is C19H25N3OS. The lowest BCUT2D eigenvalue weighted by atomic mass is 10.1. The number of rotatable bonds is 6. The molecule has 1 saturated heterocycles. The average Bonchev–Trinajstić information content (AvgIpc) is 3.16. The minimum atomic E-state index is -0.00544. The van der Waals surface area contributed by atoms with Crippen molar-refractivity contribution in [2.24, 2.45) is 0 Å². The average molecular weight is 343 g/mol. The van der Waals surface area contributed by atoms with Crippen molar-refractivity contribution in [2.75, 3.05) is 32.7 Å². The second-order valence-electron chi connectivity index (χ2n) is 6.22. The fourth-order valence-corrected chi connectivity index (χ4v) is 3.60. The predicted octanol–water partition coefficient (Wildman–Crippen LogP) is 2.82. The van der Waals surface area contributed by atoms with E-state index in [2.05, 4.69) is 46.3 Å². The number of hydrogen-bond donors (Lipinski definition) is 1. The number of carbonyl (C=O) groups is 1. The van der Waals surface area contributed by atoms with Crippen LogP contribution in [0.3, 0.4) is 0 Å². The fourth-order valence-electron chi connectivity index (χ4n) is 2.96. The number of likely N-dealkylation sites (N-methyl/N-ethyl adjacent to an activating group) is 1. The number of carbonyl (C=O) groups excluding carboxylic acids is 1. The van der Waals surface area contributed by atoms with Gasteiger partial charge < -0.3 is 10.2 Å². The van der Waals surface area contributed by atoms with Crippen LogP contribution in [-0.4, -0.2) is 48.4 Å². The van der Waals surface area contributed by atoms with Crippen molar-refractivity contribution < 1.29 is 4.79 Å². The lowest BCUT2D eigenvalue weighted by Crippen LogP contribution is -2.45. The first-order valence-corrected chi connectivity index (χ1v) is 9.52. The monoisotopic (exact) mass is 343 g/mol. The molecule has 1 aromatic heterocycles. The van der Waals surface area contributed by atoms with Crippen LogP contribution in [0.5, 0.6) is 0 Å². The first-order valence-electron chi connectivity index (χ1n) is 8.57. The third kappa shape index (κ3) is 4.66. The lowest BCUT2D eigenvalue weighted by molar-refractivity contribution is 0.0951. The summed E-state index contributed by atoms with van der Waals surface area (Å²) in [6.07, 6.45) is 0. The molecule has 0 saturated carbocycles. The Morgan fingerprint density at radius 3 is 2.33 bits per heavy atom. The SMILES string of the molecule is CCN1CCN(Cc2ccc(CNC(=O)c3ccsc3)cc2)CC1. The van der Waals surface area contributed by atoms with Crippen LogP contribution in [-0.2, 0) is 13.1 Å². The summed E-state index contributed by atoms with van der Waals surface area (Å²) < 4.78 is 0. The maximum atomic E-state index is 11.9. The molecule has 24 heavy (non-hydrogen) atoms. The summed E-state index contributed by atoms with van der Waals surface area (Å²) in [5.74, 6) is -0.00544. The predicted molar refractivity (Wildman–Crippen MR) is 99.3 cm³/mol. The topological polar surface area (TPSA) is 35.6 Å². The third-order valence-electron chi connectivity index (χ3n) is 4.58. The molecule has 0 bridgehead atoms. The number of nitrogens with zero attached hydrogens (tertiary/aromatic N) is 2. The van der Waals surface area contributed by atoms with Crippen molar-refractivity contribution in [1.82, 2.24) is 15.1 Å². The molecule has 1 aromatic carbocycles. The van der Waals surface area contributed by atoms with Gasteiger partial charge in [-0.1, -0.05) is 31.2 Å². The summed E-state index contributed by atoms with van der Waals surface area (Å²) in [5, 5.41) is 6.76. The molecule has 3 rings (SSSR count). The van der Waals surface area contributed by atoms with E-state index in [0.29, 0.717) is 6.54 Å². The summed E-state index contributed by atoms with van der Waals surface area (Å²) in [7, 11) is 0. The van der Waals surface area contributed by atoms with E-state index in [1.54, 1.807) is 11.3 Å². The Hall–Kier alpha value is -1.69. The van der Waals surface area contributed by atoms with Crippen LogP contribution in [0.25, 0.3) is 0 Å². The van der Waals surface area contributed by atoms with Gasteiger partial charge in [-0.25, -0.2) is 0 Å². The van der Waals surface area contributed by atoms with Gasteiger partial charge in [0.15, 0.2) is 0 Å². The highest BCUT2D eigenvalue weighted by atomic mass is 32.1. The molecule has 128 valence electrons. The Bertz CT molecular complexity index is 631. The summed E-state index contributed by atoms with van der Waals surface area (Å²) >= 11 is 1.54. The number of thiophene rings is 1. The molecule has 1 amide bonds. The quantitative estimate of drug-likeness (QED) is 0.876. The molecule has 2 aromatic rings. The van der Waals surface area contributed by atoms with Crippen molar-refractivity contribution in [3.63, 3.8) is 0 Å². The number of benzene rings is 1. The van der Waals surface area contributed by atoms with Gasteiger partial charge in [-0.05, 0) is 29.1 Å². The molecule has 2 heterocycles. The van der Waals surface area contributed by atoms with E-state index in [4.69, 9.17) is 0 Å². The molecule has 5 heteroatoms. The number of nitrogens with one attached hydrogen (secondary N) is 1. The largest absolute Gasteiger partial charge is 0.348 e. The highest BCUT2D eigenvalue weighted by Gasteiger charge is 2.15. The minimum Gasteiger partial charge on any atom is -0.348 e. The van der Waals surface area contributed by atoms with Crippen LogP contribution < -0.4 is 5.32 Å². The van der Waals surface area contributed by atoms with Gasteiger partial charge in [0.2, 0.25) is 0 Å². The second-order valence-corrected chi connectivity index (χ2v) is 7.00. The molecule has 0 aliphatic carbocycles. The normalized spacial score (nSPS) is 16.2. The third-order valence-corrected chi connectivity index (χ3v) is 5.26. The van der Waals surface area contributed by atoms with Crippen molar-refractivity contribution in [3.8, 4) is 0 Å². The minimum absolute atomic E-state index is 0.00544. The molecule has 1 aliphatic rings. The molecular weight excluding hydrogens is 318 g/mol. The lowest BCUT2D eigenvalue weighted by Gasteiger charge is -2.34. The van der Waals surface area contributed by atoms with E-state index in [-0.39, 0.29) is 5.91 Å². The van der Waals surface area contributed by atoms with E-state index >= 15 is 0 Å². The zero-order valence-corrected chi connectivity index (χ0v) is 15.0. The van der Waals surface area contributed by atoms with Gasteiger partial charge in [-0.15, -0.1) is 0 Å². The van der Waals surface area contributed by atoms with Crippen molar-refractivity contribution in [1.29, 1.82) is 0 Å². The second kappa shape index (κ2) is 8.42. The maximum absolute atomic E-state index is 11.9. The van der Waals surface area contributed by atoms with Crippen molar-refractivity contribution >= 4 is 17.2 Å². The van der Waals surface area contributed by atoms with Crippen LogP contribution >= 0.6 is 11.3 Å². The number of amides is 1.